The van der Waals surface area contributed by atoms with Crippen molar-refractivity contribution in [3.8, 4) is 11.4 Å². The molecular formula is C23H23Cl2FN4O3. The highest BCUT2D eigenvalue weighted by atomic mass is 35.5. The summed E-state index contributed by atoms with van der Waals surface area (Å²) in [4.78, 5) is 30.9. The molecule has 1 N–H and O–H groups in total. The molecular weight excluding hydrogens is 470 g/mol. The summed E-state index contributed by atoms with van der Waals surface area (Å²) in [6, 6.07) is 10.5. The number of nitrogens with one attached hydrogen (secondary N) is 1. The van der Waals surface area contributed by atoms with Gasteiger partial charge in [-0.3, -0.25) is 9.59 Å². The maximum atomic E-state index is 13.1. The zero-order valence-electron chi connectivity index (χ0n) is 18.0. The van der Waals surface area contributed by atoms with Crippen molar-refractivity contribution < 1.29 is 18.5 Å². The van der Waals surface area contributed by atoms with Crippen LogP contribution in [0.4, 0.5) is 10.1 Å². The molecule has 0 unspecified atom stereocenters. The molecule has 0 aliphatic heterocycles. The van der Waals surface area contributed by atoms with Crippen LogP contribution >= 0.6 is 23.2 Å². The first-order valence-electron chi connectivity index (χ1n) is 10.5. The molecule has 0 radical (unpaired) electrons. The fourth-order valence-corrected chi connectivity index (χ4v) is 3.48. The van der Waals surface area contributed by atoms with Crippen molar-refractivity contribution in [2.45, 2.75) is 32.6 Å². The highest BCUT2D eigenvalue weighted by Gasteiger charge is 2.18. The lowest BCUT2D eigenvalue weighted by Crippen LogP contribution is -2.38. The number of amides is 2. The zero-order chi connectivity index (χ0) is 23.8. The van der Waals surface area contributed by atoms with Crippen molar-refractivity contribution in [3.63, 3.8) is 0 Å². The Kier molecular flexibility index (Phi) is 8.79. The summed E-state index contributed by atoms with van der Waals surface area (Å²) in [6.07, 6.45) is 1.82. The van der Waals surface area contributed by atoms with Gasteiger partial charge < -0.3 is 14.7 Å². The molecule has 0 aliphatic carbocycles. The van der Waals surface area contributed by atoms with Crippen molar-refractivity contribution in [2.75, 3.05) is 18.4 Å². The second kappa shape index (κ2) is 11.8. The summed E-state index contributed by atoms with van der Waals surface area (Å²) in [5.74, 6) is -0.107. The Balaban J connectivity index is 1.51. The predicted molar refractivity (Wildman–Crippen MR) is 125 cm³/mol. The minimum atomic E-state index is -0.359. The molecule has 3 aromatic rings. The van der Waals surface area contributed by atoms with E-state index in [2.05, 4.69) is 15.5 Å². The van der Waals surface area contributed by atoms with Crippen molar-refractivity contribution in [2.24, 2.45) is 0 Å². The van der Waals surface area contributed by atoms with Crippen molar-refractivity contribution >= 4 is 40.7 Å². The van der Waals surface area contributed by atoms with E-state index in [9.17, 15) is 14.0 Å². The van der Waals surface area contributed by atoms with Gasteiger partial charge >= 0.3 is 0 Å². The Labute approximate surface area is 200 Å². The third-order valence-corrected chi connectivity index (χ3v) is 5.30. The van der Waals surface area contributed by atoms with Crippen LogP contribution in [-0.4, -0.2) is 39.9 Å². The van der Waals surface area contributed by atoms with Crippen LogP contribution < -0.4 is 5.32 Å². The van der Waals surface area contributed by atoms with Gasteiger partial charge in [0.1, 0.15) is 5.82 Å². The minimum absolute atomic E-state index is 0.0925. The highest BCUT2D eigenvalue weighted by Crippen LogP contribution is 2.25. The Bertz CT molecular complexity index is 1110. The number of hydrogen-bond donors (Lipinski definition) is 1. The number of aryl methyl sites for hydroxylation is 1. The first-order valence-corrected chi connectivity index (χ1v) is 11.2. The largest absolute Gasteiger partial charge is 0.339 e. The first kappa shape index (κ1) is 24.7. The van der Waals surface area contributed by atoms with Crippen LogP contribution in [-0.2, 0) is 16.0 Å². The maximum Gasteiger partial charge on any atom is 0.244 e. The quantitative estimate of drug-likeness (QED) is 0.410. The molecule has 174 valence electrons. The van der Waals surface area contributed by atoms with Gasteiger partial charge in [0, 0.05) is 30.0 Å². The second-order valence-corrected chi connectivity index (χ2v) is 8.20. The van der Waals surface area contributed by atoms with Gasteiger partial charge in [0.05, 0.1) is 17.3 Å². The van der Waals surface area contributed by atoms with E-state index in [-0.39, 0.29) is 30.6 Å². The number of hydrogen-bond acceptors (Lipinski definition) is 5. The highest BCUT2D eigenvalue weighted by molar-refractivity contribution is 6.35. The van der Waals surface area contributed by atoms with E-state index in [1.165, 1.54) is 17.0 Å². The molecule has 1 heterocycles. The summed E-state index contributed by atoms with van der Waals surface area (Å²) in [5.41, 5.74) is 1.04. The predicted octanol–water partition coefficient (Wildman–Crippen LogP) is 5.38. The number of halogens is 3. The number of rotatable bonds is 10. The fraction of sp³-hybridized carbons (Fsp3) is 0.304. The van der Waals surface area contributed by atoms with Crippen molar-refractivity contribution in [3.05, 3.63) is 64.2 Å². The van der Waals surface area contributed by atoms with Crippen molar-refractivity contribution in [1.82, 2.24) is 15.0 Å². The molecule has 1 aromatic heterocycles. The van der Waals surface area contributed by atoms with Gasteiger partial charge in [0.25, 0.3) is 0 Å². The molecule has 0 fully saturated rings. The summed E-state index contributed by atoms with van der Waals surface area (Å²) in [6.45, 7) is 2.29. The summed E-state index contributed by atoms with van der Waals surface area (Å²) < 4.78 is 18.3. The van der Waals surface area contributed by atoms with Crippen LogP contribution in [0.25, 0.3) is 11.4 Å². The lowest BCUT2D eigenvalue weighted by Gasteiger charge is -2.21. The topological polar surface area (TPSA) is 88.3 Å². The van der Waals surface area contributed by atoms with E-state index in [0.29, 0.717) is 58.8 Å². The Hall–Kier alpha value is -2.97. The minimum Gasteiger partial charge on any atom is -0.339 e. The van der Waals surface area contributed by atoms with Gasteiger partial charge in [-0.15, -0.1) is 0 Å². The standard InChI is InChI=1S/C23H23Cl2FN4O3/c1-2-12-30(14-20(31)27-19-13-16(24)8-11-18(19)25)22(32)5-3-4-21-28-23(29-33-21)15-6-9-17(26)10-7-15/h6-11,13H,2-5,12,14H2,1H3,(H,27,31). The third kappa shape index (κ3) is 7.27. The smallest absolute Gasteiger partial charge is 0.244 e. The van der Waals surface area contributed by atoms with Gasteiger partial charge in [-0.1, -0.05) is 35.3 Å². The number of aromatic nitrogens is 2. The maximum absolute atomic E-state index is 13.1. The van der Waals surface area contributed by atoms with Gasteiger partial charge in [-0.25, -0.2) is 4.39 Å². The summed E-state index contributed by atoms with van der Waals surface area (Å²) >= 11 is 12.0. The Morgan fingerprint density at radius 3 is 2.64 bits per heavy atom. The zero-order valence-corrected chi connectivity index (χ0v) is 19.5. The van der Waals surface area contributed by atoms with E-state index < -0.39 is 0 Å². The van der Waals surface area contributed by atoms with Gasteiger partial charge in [-0.2, -0.15) is 4.98 Å². The van der Waals surface area contributed by atoms with E-state index in [1.54, 1.807) is 30.3 Å². The lowest BCUT2D eigenvalue weighted by molar-refractivity contribution is -0.134. The van der Waals surface area contributed by atoms with Crippen LogP contribution in [0.15, 0.2) is 47.0 Å². The summed E-state index contributed by atoms with van der Waals surface area (Å²) in [7, 11) is 0. The van der Waals surface area contributed by atoms with E-state index in [0.717, 1.165) is 0 Å². The number of nitrogens with zero attached hydrogens (tertiary/aromatic N) is 3. The molecule has 2 aromatic carbocycles. The average Bonchev–Trinajstić information content (AvgIpc) is 3.25. The van der Waals surface area contributed by atoms with Gasteiger partial charge in [-0.05, 0) is 55.3 Å². The fourth-order valence-electron chi connectivity index (χ4n) is 3.14. The van der Waals surface area contributed by atoms with Crippen LogP contribution in [0, 0.1) is 5.82 Å². The molecule has 2 amide bonds. The van der Waals surface area contributed by atoms with E-state index >= 15 is 0 Å². The van der Waals surface area contributed by atoms with Crippen LogP contribution in [0.2, 0.25) is 10.0 Å². The average molecular weight is 493 g/mol. The number of carbonyl (C=O) groups excluding carboxylic acids is 2. The van der Waals surface area contributed by atoms with Gasteiger partial charge in [0.15, 0.2) is 0 Å². The van der Waals surface area contributed by atoms with E-state index in [4.69, 9.17) is 27.7 Å². The van der Waals surface area contributed by atoms with Crippen LogP contribution in [0.1, 0.15) is 32.1 Å². The first-order chi connectivity index (χ1) is 15.9. The molecule has 0 aliphatic rings. The third-order valence-electron chi connectivity index (χ3n) is 4.73. The molecule has 0 saturated carbocycles. The summed E-state index contributed by atoms with van der Waals surface area (Å²) in [5, 5.41) is 7.39. The normalized spacial score (nSPS) is 10.8. The molecule has 0 atom stereocenters. The molecule has 0 bridgehead atoms. The van der Waals surface area contributed by atoms with Crippen LogP contribution in [0.5, 0.6) is 0 Å². The molecule has 3 rings (SSSR count). The second-order valence-electron chi connectivity index (χ2n) is 7.36. The molecule has 33 heavy (non-hydrogen) atoms. The number of anilines is 1. The molecule has 0 spiro atoms. The SMILES string of the molecule is CCCN(CC(=O)Nc1cc(Cl)ccc1Cl)C(=O)CCCc1nc(-c2ccc(F)cc2)no1. The molecule has 7 nitrogen and oxygen atoms in total. The van der Waals surface area contributed by atoms with Crippen LogP contribution in [0.3, 0.4) is 0 Å². The lowest BCUT2D eigenvalue weighted by atomic mass is 10.2. The number of benzene rings is 2. The van der Waals surface area contributed by atoms with E-state index in [1.807, 2.05) is 6.92 Å². The monoisotopic (exact) mass is 492 g/mol. The molecule has 0 saturated heterocycles. The Morgan fingerprint density at radius 1 is 1.15 bits per heavy atom. The Morgan fingerprint density at radius 2 is 1.91 bits per heavy atom. The molecule has 10 heteroatoms. The van der Waals surface area contributed by atoms with Gasteiger partial charge in [0.2, 0.25) is 23.5 Å². The number of carbonyl (C=O) groups is 2. The van der Waals surface area contributed by atoms with Crippen molar-refractivity contribution in [1.29, 1.82) is 0 Å².